The molecule has 1 spiro atoms. The highest BCUT2D eigenvalue weighted by Crippen LogP contribution is 2.60. The second kappa shape index (κ2) is 7.90. The number of methoxy groups -OCH3 is 1. The standard InChI is InChI=1S/C28H28ClN3O4/c1-35-20-8-4-3-7-16(20)22-17-13-32(14-18(17)22)26(33)21-12-15-11-19(29)24-23(25(15)36-21)28(31-27(34)30-24)9-5-2-6-10-28/h3-4,7-8,11-12,17-18,22H,2,5-6,9-10,13-14H2,1H3,(H2,30,31,34)/t17-,18+,22?. The molecule has 2 aliphatic heterocycles. The van der Waals surface area contributed by atoms with E-state index in [1.54, 1.807) is 19.2 Å². The van der Waals surface area contributed by atoms with Crippen molar-refractivity contribution in [3.63, 3.8) is 0 Å². The van der Waals surface area contributed by atoms with E-state index in [1.807, 2.05) is 23.1 Å². The number of ether oxygens (including phenoxy) is 1. The van der Waals surface area contributed by atoms with Crippen LogP contribution in [0.4, 0.5) is 10.5 Å². The summed E-state index contributed by atoms with van der Waals surface area (Å²) in [6.45, 7) is 1.42. The number of urea groups is 1. The Labute approximate surface area is 214 Å². The maximum atomic E-state index is 13.5. The van der Waals surface area contributed by atoms with Gasteiger partial charge in [-0.05, 0) is 54.4 Å². The molecule has 2 aromatic carbocycles. The molecule has 1 aromatic heterocycles. The fourth-order valence-electron chi connectivity index (χ4n) is 7.04. The molecule has 7 rings (SSSR count). The molecule has 7 nitrogen and oxygen atoms in total. The number of hydrogen-bond donors (Lipinski definition) is 2. The third-order valence-electron chi connectivity index (χ3n) is 8.73. The summed E-state index contributed by atoms with van der Waals surface area (Å²) in [6, 6.07) is 11.5. The largest absolute Gasteiger partial charge is 0.496 e. The Kier molecular flexibility index (Phi) is 4.84. The van der Waals surface area contributed by atoms with Gasteiger partial charge >= 0.3 is 6.03 Å². The number of fused-ring (bicyclic) bond motifs is 5. The predicted octanol–water partition coefficient (Wildman–Crippen LogP) is 5.87. The number of nitrogens with zero attached hydrogens (tertiary/aromatic N) is 1. The summed E-state index contributed by atoms with van der Waals surface area (Å²) in [5, 5.41) is 7.31. The minimum absolute atomic E-state index is 0.0902. The first-order valence-corrected chi connectivity index (χ1v) is 13.1. The second-order valence-electron chi connectivity index (χ2n) is 10.7. The number of para-hydroxylation sites is 1. The summed E-state index contributed by atoms with van der Waals surface area (Å²) in [6.07, 6.45) is 4.83. The lowest BCUT2D eigenvalue weighted by Gasteiger charge is -2.42. The lowest BCUT2D eigenvalue weighted by Crippen LogP contribution is -2.52. The van der Waals surface area contributed by atoms with E-state index in [9.17, 15) is 9.59 Å². The molecule has 3 atom stereocenters. The van der Waals surface area contributed by atoms with Crippen LogP contribution in [0.3, 0.4) is 0 Å². The normalized spacial score (nSPS) is 25.8. The highest BCUT2D eigenvalue weighted by molar-refractivity contribution is 6.35. The van der Waals surface area contributed by atoms with Crippen LogP contribution in [0.2, 0.25) is 5.02 Å². The van der Waals surface area contributed by atoms with Gasteiger partial charge in [-0.2, -0.15) is 0 Å². The van der Waals surface area contributed by atoms with Crippen LogP contribution in [0.15, 0.2) is 40.8 Å². The van der Waals surface area contributed by atoms with E-state index in [2.05, 4.69) is 16.7 Å². The van der Waals surface area contributed by atoms with Crippen molar-refractivity contribution >= 4 is 40.2 Å². The van der Waals surface area contributed by atoms with E-state index in [0.717, 1.165) is 48.8 Å². The van der Waals surface area contributed by atoms with Crippen LogP contribution in [-0.2, 0) is 5.54 Å². The number of hydrogen-bond acceptors (Lipinski definition) is 4. The van der Waals surface area contributed by atoms with E-state index in [4.69, 9.17) is 20.8 Å². The van der Waals surface area contributed by atoms with Gasteiger partial charge in [0.15, 0.2) is 5.76 Å². The number of piperidine rings is 1. The van der Waals surface area contributed by atoms with Gasteiger partial charge in [-0.25, -0.2) is 4.79 Å². The van der Waals surface area contributed by atoms with Crippen molar-refractivity contribution in [2.24, 2.45) is 11.8 Å². The number of furan rings is 1. The summed E-state index contributed by atoms with van der Waals surface area (Å²) in [5.41, 5.74) is 2.84. The Morgan fingerprint density at radius 2 is 1.89 bits per heavy atom. The van der Waals surface area contributed by atoms with Gasteiger partial charge < -0.3 is 24.7 Å². The van der Waals surface area contributed by atoms with Gasteiger partial charge in [0.2, 0.25) is 0 Å². The maximum Gasteiger partial charge on any atom is 0.319 e. The van der Waals surface area contributed by atoms with E-state index < -0.39 is 5.54 Å². The van der Waals surface area contributed by atoms with Crippen LogP contribution < -0.4 is 15.4 Å². The molecule has 3 fully saturated rings. The molecule has 2 N–H and O–H groups in total. The van der Waals surface area contributed by atoms with Crippen LogP contribution in [0.1, 0.15) is 59.7 Å². The molecule has 36 heavy (non-hydrogen) atoms. The summed E-state index contributed by atoms with van der Waals surface area (Å²) >= 11 is 6.64. The summed E-state index contributed by atoms with van der Waals surface area (Å²) in [5.74, 6) is 2.49. The first kappa shape index (κ1) is 22.0. The summed E-state index contributed by atoms with van der Waals surface area (Å²) in [7, 11) is 1.71. The van der Waals surface area contributed by atoms with Gasteiger partial charge in [-0.1, -0.05) is 49.1 Å². The Balaban J connectivity index is 1.19. The minimum atomic E-state index is -0.519. The summed E-state index contributed by atoms with van der Waals surface area (Å²) in [4.78, 5) is 27.9. The molecule has 186 valence electrons. The van der Waals surface area contributed by atoms with Gasteiger partial charge in [0.1, 0.15) is 11.3 Å². The van der Waals surface area contributed by atoms with Crippen molar-refractivity contribution < 1.29 is 18.7 Å². The zero-order valence-corrected chi connectivity index (χ0v) is 20.9. The summed E-state index contributed by atoms with van der Waals surface area (Å²) < 4.78 is 11.9. The maximum absolute atomic E-state index is 13.5. The highest BCUT2D eigenvalue weighted by atomic mass is 35.5. The van der Waals surface area contributed by atoms with E-state index in [-0.39, 0.29) is 11.9 Å². The fourth-order valence-corrected chi connectivity index (χ4v) is 7.30. The van der Waals surface area contributed by atoms with Crippen LogP contribution >= 0.6 is 11.6 Å². The van der Waals surface area contributed by atoms with Crippen molar-refractivity contribution in [1.29, 1.82) is 0 Å². The Morgan fingerprint density at radius 1 is 1.14 bits per heavy atom. The quantitative estimate of drug-likeness (QED) is 0.466. The van der Waals surface area contributed by atoms with Gasteiger partial charge in [-0.3, -0.25) is 4.79 Å². The van der Waals surface area contributed by atoms with Gasteiger partial charge in [0.25, 0.3) is 5.91 Å². The average Bonchev–Trinajstić information content (AvgIpc) is 3.18. The SMILES string of the molecule is COc1ccccc1C1[C@H]2CN(C(=O)c3cc4cc(Cl)c5c(c4o3)C3(CCCCC3)NC(=O)N5)C[C@@H]12. The predicted molar refractivity (Wildman–Crippen MR) is 137 cm³/mol. The Hall–Kier alpha value is -3.19. The smallest absolute Gasteiger partial charge is 0.319 e. The number of carbonyl (C=O) groups excluding carboxylic acids is 2. The first-order valence-electron chi connectivity index (χ1n) is 12.8. The molecule has 0 bridgehead atoms. The van der Waals surface area contributed by atoms with E-state index >= 15 is 0 Å². The van der Waals surface area contributed by atoms with Gasteiger partial charge in [0.05, 0.1) is 23.4 Å². The highest BCUT2D eigenvalue weighted by Gasteiger charge is 2.58. The molecule has 4 aliphatic rings. The molecule has 3 amide bonds. The first-order chi connectivity index (χ1) is 17.5. The van der Waals surface area contributed by atoms with Crippen molar-refractivity contribution in [2.45, 2.75) is 43.6 Å². The third-order valence-corrected chi connectivity index (χ3v) is 9.02. The molecule has 8 heteroatoms. The van der Waals surface area contributed by atoms with Crippen LogP contribution in [0.25, 0.3) is 11.0 Å². The molecule has 2 aliphatic carbocycles. The lowest BCUT2D eigenvalue weighted by atomic mass is 9.74. The molecule has 3 heterocycles. The number of nitrogens with one attached hydrogen (secondary N) is 2. The molecule has 2 saturated carbocycles. The molecule has 1 unspecified atom stereocenters. The zero-order chi connectivity index (χ0) is 24.6. The number of benzene rings is 2. The van der Waals surface area contributed by atoms with Crippen molar-refractivity contribution in [1.82, 2.24) is 10.2 Å². The van der Waals surface area contributed by atoms with Gasteiger partial charge in [-0.15, -0.1) is 0 Å². The number of amides is 3. The van der Waals surface area contributed by atoms with Crippen molar-refractivity contribution in [2.75, 3.05) is 25.5 Å². The molecule has 3 aromatic rings. The lowest BCUT2D eigenvalue weighted by molar-refractivity contribution is 0.0743. The number of anilines is 1. The molecular formula is C28H28ClN3O4. The minimum Gasteiger partial charge on any atom is -0.496 e. The number of rotatable bonds is 3. The fraction of sp³-hybridized carbons (Fsp3) is 0.429. The Morgan fingerprint density at radius 3 is 2.64 bits per heavy atom. The average molecular weight is 506 g/mol. The van der Waals surface area contributed by atoms with E-state index in [0.29, 0.717) is 52.9 Å². The number of carbonyl (C=O) groups is 2. The van der Waals surface area contributed by atoms with Crippen LogP contribution in [0.5, 0.6) is 5.75 Å². The number of likely N-dealkylation sites (tertiary alicyclic amines) is 1. The molecular weight excluding hydrogens is 478 g/mol. The second-order valence-corrected chi connectivity index (χ2v) is 11.1. The molecule has 0 radical (unpaired) electrons. The number of halogens is 1. The van der Waals surface area contributed by atoms with Crippen LogP contribution in [-0.4, -0.2) is 37.0 Å². The topological polar surface area (TPSA) is 83.8 Å². The Bertz CT molecular complexity index is 1400. The van der Waals surface area contributed by atoms with Gasteiger partial charge in [0, 0.05) is 24.0 Å². The third kappa shape index (κ3) is 3.18. The van der Waals surface area contributed by atoms with Crippen molar-refractivity contribution in [3.8, 4) is 5.75 Å². The molecule has 1 saturated heterocycles. The van der Waals surface area contributed by atoms with Crippen LogP contribution in [0, 0.1) is 11.8 Å². The van der Waals surface area contributed by atoms with Crippen molar-refractivity contribution in [3.05, 3.63) is 58.3 Å². The monoisotopic (exact) mass is 505 g/mol. The zero-order valence-electron chi connectivity index (χ0n) is 20.1. The van der Waals surface area contributed by atoms with E-state index in [1.165, 1.54) is 5.56 Å².